The van der Waals surface area contributed by atoms with Gasteiger partial charge in [0.05, 0.1) is 10.4 Å². The number of sulfonamides is 1. The van der Waals surface area contributed by atoms with Crippen LogP contribution in [0.3, 0.4) is 0 Å². The van der Waals surface area contributed by atoms with Crippen molar-refractivity contribution in [3.05, 3.63) is 53.6 Å². The first kappa shape index (κ1) is 19.2. The fraction of sp³-hybridized carbons (Fsp3) is 0.381. The summed E-state index contributed by atoms with van der Waals surface area (Å²) in [5.74, 6) is -0.0831. The topological polar surface area (TPSA) is 88.4 Å². The first-order valence-corrected chi connectivity index (χ1v) is 11.6. The molecule has 0 radical (unpaired) electrons. The van der Waals surface area contributed by atoms with E-state index >= 15 is 0 Å². The maximum atomic E-state index is 13.1. The zero-order chi connectivity index (χ0) is 20.7. The number of piperazine rings is 1. The van der Waals surface area contributed by atoms with Gasteiger partial charge in [0, 0.05) is 26.2 Å². The number of amides is 1. The van der Waals surface area contributed by atoms with Crippen LogP contribution in [0.5, 0.6) is 0 Å². The van der Waals surface area contributed by atoms with Crippen molar-refractivity contribution in [3.8, 4) is 0 Å². The summed E-state index contributed by atoms with van der Waals surface area (Å²) in [4.78, 5) is 14.8. The molecule has 0 N–H and O–H groups in total. The quantitative estimate of drug-likeness (QED) is 0.631. The third-order valence-electron chi connectivity index (χ3n) is 6.00. The summed E-state index contributed by atoms with van der Waals surface area (Å²) in [6.07, 6.45) is 3.05. The average molecular weight is 426 g/mol. The molecule has 0 saturated carbocycles. The van der Waals surface area contributed by atoms with Crippen molar-refractivity contribution >= 4 is 27.0 Å². The Kier molecular flexibility index (Phi) is 4.79. The molecule has 8 nitrogen and oxygen atoms in total. The summed E-state index contributed by atoms with van der Waals surface area (Å²) in [5.41, 5.74) is 3.95. The molecule has 1 aromatic heterocycles. The maximum Gasteiger partial charge on any atom is 0.244 e. The summed E-state index contributed by atoms with van der Waals surface area (Å²) in [6.45, 7) is 1.43. The Morgan fingerprint density at radius 2 is 1.73 bits per heavy atom. The molecule has 1 fully saturated rings. The molecule has 0 bridgehead atoms. The number of fused-ring (bicyclic) bond motifs is 2. The summed E-state index contributed by atoms with van der Waals surface area (Å²) in [7, 11) is -3.54. The van der Waals surface area contributed by atoms with E-state index in [1.54, 1.807) is 15.6 Å². The number of benzene rings is 2. The van der Waals surface area contributed by atoms with Crippen molar-refractivity contribution in [3.63, 3.8) is 0 Å². The molecule has 5 rings (SSSR count). The lowest BCUT2D eigenvalue weighted by atomic mass is 10.1. The van der Waals surface area contributed by atoms with E-state index in [2.05, 4.69) is 10.3 Å². The van der Waals surface area contributed by atoms with E-state index < -0.39 is 10.0 Å². The molecule has 3 aromatic rings. The Balaban J connectivity index is 1.25. The Hall–Kier alpha value is -2.78. The number of rotatable bonds is 4. The zero-order valence-electron chi connectivity index (χ0n) is 16.6. The highest BCUT2D eigenvalue weighted by molar-refractivity contribution is 7.89. The van der Waals surface area contributed by atoms with Crippen molar-refractivity contribution in [2.45, 2.75) is 30.7 Å². The van der Waals surface area contributed by atoms with Gasteiger partial charge in [0.25, 0.3) is 0 Å². The fourth-order valence-corrected chi connectivity index (χ4v) is 5.77. The molecule has 2 heterocycles. The third kappa shape index (κ3) is 3.37. The van der Waals surface area contributed by atoms with Gasteiger partial charge in [-0.25, -0.2) is 13.1 Å². The van der Waals surface area contributed by atoms with Gasteiger partial charge in [-0.1, -0.05) is 23.4 Å². The molecule has 0 unspecified atom stereocenters. The number of nitrogens with zero attached hydrogens (tertiary/aromatic N) is 5. The van der Waals surface area contributed by atoms with Crippen LogP contribution in [0.25, 0.3) is 11.0 Å². The lowest BCUT2D eigenvalue weighted by Gasteiger charge is -2.34. The van der Waals surface area contributed by atoms with E-state index in [9.17, 15) is 13.2 Å². The van der Waals surface area contributed by atoms with Crippen LogP contribution >= 0.6 is 0 Å². The second-order valence-electron chi connectivity index (χ2n) is 7.80. The number of hydrogen-bond donors (Lipinski definition) is 0. The summed E-state index contributed by atoms with van der Waals surface area (Å²) in [6, 6.07) is 13.0. The number of aryl methyl sites for hydroxylation is 2. The smallest absolute Gasteiger partial charge is 0.244 e. The van der Waals surface area contributed by atoms with Crippen LogP contribution in [0, 0.1) is 0 Å². The van der Waals surface area contributed by atoms with Crippen LogP contribution in [-0.2, 0) is 34.2 Å². The molecule has 30 heavy (non-hydrogen) atoms. The molecule has 0 atom stereocenters. The molecule has 0 spiro atoms. The molecule has 156 valence electrons. The van der Waals surface area contributed by atoms with Crippen LogP contribution < -0.4 is 0 Å². The van der Waals surface area contributed by atoms with Gasteiger partial charge >= 0.3 is 0 Å². The number of aromatic nitrogens is 3. The normalized spacial score (nSPS) is 17.4. The third-order valence-corrected chi connectivity index (χ3v) is 7.90. The second kappa shape index (κ2) is 7.48. The van der Waals surface area contributed by atoms with Gasteiger partial charge in [-0.15, -0.1) is 5.10 Å². The maximum absolute atomic E-state index is 13.1. The van der Waals surface area contributed by atoms with E-state index in [1.165, 1.54) is 9.87 Å². The standard InChI is InChI=1S/C21H23N5O3S/c27-21(15-26-20-7-2-1-6-19(20)22-23-26)24-10-12-25(13-11-24)30(28,29)18-9-8-16-4-3-5-17(16)14-18/h1-2,6-9,14H,3-5,10-13,15H2. The van der Waals surface area contributed by atoms with Crippen molar-refractivity contribution < 1.29 is 13.2 Å². The number of para-hydroxylation sites is 1. The van der Waals surface area contributed by atoms with Crippen LogP contribution in [0.1, 0.15) is 17.5 Å². The summed E-state index contributed by atoms with van der Waals surface area (Å²) < 4.78 is 29.2. The van der Waals surface area contributed by atoms with E-state index in [0.29, 0.717) is 31.1 Å². The lowest BCUT2D eigenvalue weighted by Crippen LogP contribution is -2.51. The summed E-state index contributed by atoms with van der Waals surface area (Å²) in [5, 5.41) is 8.14. The Labute approximate surface area is 175 Å². The van der Waals surface area contributed by atoms with Crippen LogP contribution in [0.2, 0.25) is 0 Å². The SMILES string of the molecule is O=C(Cn1nnc2ccccc21)N1CCN(S(=O)(=O)c2ccc3c(c2)CCC3)CC1. The largest absolute Gasteiger partial charge is 0.338 e. The summed E-state index contributed by atoms with van der Waals surface area (Å²) >= 11 is 0. The van der Waals surface area contributed by atoms with Gasteiger partial charge in [-0.2, -0.15) is 4.31 Å². The van der Waals surface area contributed by atoms with E-state index in [0.717, 1.165) is 35.9 Å². The first-order chi connectivity index (χ1) is 14.5. The monoisotopic (exact) mass is 425 g/mol. The molecule has 1 aliphatic carbocycles. The Morgan fingerprint density at radius 3 is 2.57 bits per heavy atom. The molecule has 1 saturated heterocycles. The van der Waals surface area contributed by atoms with Gasteiger partial charge in [0.2, 0.25) is 15.9 Å². The minimum Gasteiger partial charge on any atom is -0.338 e. The minimum absolute atomic E-state index is 0.0831. The zero-order valence-corrected chi connectivity index (χ0v) is 17.4. The molecular weight excluding hydrogens is 402 g/mol. The highest BCUT2D eigenvalue weighted by Crippen LogP contribution is 2.26. The van der Waals surface area contributed by atoms with Crippen LogP contribution in [0.15, 0.2) is 47.4 Å². The van der Waals surface area contributed by atoms with E-state index in [-0.39, 0.29) is 12.5 Å². The van der Waals surface area contributed by atoms with Gasteiger partial charge in [0.1, 0.15) is 12.1 Å². The molecule has 1 aliphatic heterocycles. The van der Waals surface area contributed by atoms with Gasteiger partial charge in [-0.05, 0) is 54.7 Å². The Bertz CT molecular complexity index is 1210. The van der Waals surface area contributed by atoms with Gasteiger partial charge in [-0.3, -0.25) is 4.79 Å². The predicted octanol–water partition coefficient (Wildman–Crippen LogP) is 1.45. The number of hydrogen-bond acceptors (Lipinski definition) is 5. The number of carbonyl (C=O) groups excluding carboxylic acids is 1. The minimum atomic E-state index is -3.54. The Morgan fingerprint density at radius 1 is 0.967 bits per heavy atom. The predicted molar refractivity (Wildman–Crippen MR) is 111 cm³/mol. The van der Waals surface area contributed by atoms with Crippen molar-refractivity contribution in [2.24, 2.45) is 0 Å². The van der Waals surface area contributed by atoms with E-state index in [4.69, 9.17) is 0 Å². The van der Waals surface area contributed by atoms with Gasteiger partial charge in [0.15, 0.2) is 0 Å². The van der Waals surface area contributed by atoms with Crippen LogP contribution in [0.4, 0.5) is 0 Å². The average Bonchev–Trinajstić information content (AvgIpc) is 3.40. The van der Waals surface area contributed by atoms with Crippen molar-refractivity contribution in [1.82, 2.24) is 24.2 Å². The highest BCUT2D eigenvalue weighted by atomic mass is 32.2. The van der Waals surface area contributed by atoms with Crippen molar-refractivity contribution in [2.75, 3.05) is 26.2 Å². The fourth-order valence-electron chi connectivity index (χ4n) is 4.30. The first-order valence-electron chi connectivity index (χ1n) is 10.2. The van der Waals surface area contributed by atoms with E-state index in [1.807, 2.05) is 36.4 Å². The molecule has 9 heteroatoms. The molecule has 2 aromatic carbocycles. The molecule has 2 aliphatic rings. The number of carbonyl (C=O) groups is 1. The lowest BCUT2D eigenvalue weighted by molar-refractivity contribution is -0.133. The molecular formula is C21H23N5O3S. The van der Waals surface area contributed by atoms with Crippen molar-refractivity contribution in [1.29, 1.82) is 0 Å². The van der Waals surface area contributed by atoms with Gasteiger partial charge < -0.3 is 4.90 Å². The molecule has 1 amide bonds. The highest BCUT2D eigenvalue weighted by Gasteiger charge is 2.31. The van der Waals surface area contributed by atoms with Crippen LogP contribution in [-0.4, -0.2) is 64.7 Å². The second-order valence-corrected chi connectivity index (χ2v) is 9.74.